The van der Waals surface area contributed by atoms with E-state index in [0.29, 0.717) is 5.56 Å². The molecule has 0 amide bonds. The van der Waals surface area contributed by atoms with Crippen molar-refractivity contribution in [1.29, 1.82) is 0 Å². The molecule has 1 aromatic carbocycles. The number of carboxylic acids is 2. The summed E-state index contributed by atoms with van der Waals surface area (Å²) < 4.78 is 0. The van der Waals surface area contributed by atoms with Crippen LogP contribution in [0.1, 0.15) is 45.5 Å². The van der Waals surface area contributed by atoms with E-state index in [4.69, 9.17) is 10.2 Å². The molecular weight excluding hydrogens is 256 g/mol. The molecule has 2 bridgehead atoms. The lowest BCUT2D eigenvalue weighted by atomic mass is 10.1. The number of rotatable bonds is 2. The highest BCUT2D eigenvalue weighted by molar-refractivity contribution is 5.94. The van der Waals surface area contributed by atoms with Crippen molar-refractivity contribution in [2.24, 2.45) is 11.8 Å². The molecule has 1 fully saturated rings. The van der Waals surface area contributed by atoms with Crippen LogP contribution in [0.5, 0.6) is 0 Å². The predicted octanol–water partition coefficient (Wildman–Crippen LogP) is 3.36. The number of aromatic carboxylic acids is 2. The molecule has 2 N–H and O–H groups in total. The summed E-state index contributed by atoms with van der Waals surface area (Å²) in [5.41, 5.74) is 0.618. The zero-order valence-corrected chi connectivity index (χ0v) is 11.4. The first kappa shape index (κ1) is 14.3. The fourth-order valence-electron chi connectivity index (χ4n) is 2.75. The standard InChI is InChI=1S/C9H8O4.C7H10/c1-5-2-6(8(10)11)4-7(3-5)9(12)13;1-2-7-4-3-6(1)5-7/h2-4H,1H3,(H,10,11)(H,12,13);1-2,6-7H,3-5H2. The molecule has 4 heteroatoms. The van der Waals surface area contributed by atoms with E-state index in [0.717, 1.165) is 17.9 Å². The van der Waals surface area contributed by atoms with Gasteiger partial charge in [-0.15, -0.1) is 0 Å². The van der Waals surface area contributed by atoms with E-state index >= 15 is 0 Å². The summed E-state index contributed by atoms with van der Waals surface area (Å²) >= 11 is 0. The summed E-state index contributed by atoms with van der Waals surface area (Å²) in [7, 11) is 0. The molecule has 0 aromatic heterocycles. The van der Waals surface area contributed by atoms with Crippen molar-refractivity contribution in [1.82, 2.24) is 0 Å². The van der Waals surface area contributed by atoms with Crippen molar-refractivity contribution >= 4 is 11.9 Å². The molecule has 0 heterocycles. The number of allylic oxidation sites excluding steroid dienone is 2. The minimum Gasteiger partial charge on any atom is -0.478 e. The van der Waals surface area contributed by atoms with Crippen LogP contribution in [0.15, 0.2) is 30.4 Å². The Morgan fingerprint density at radius 2 is 1.40 bits per heavy atom. The molecule has 3 rings (SSSR count). The van der Waals surface area contributed by atoms with Gasteiger partial charge in [0.05, 0.1) is 11.1 Å². The third-order valence-corrected chi connectivity index (χ3v) is 3.74. The van der Waals surface area contributed by atoms with E-state index in [2.05, 4.69) is 12.2 Å². The Balaban J connectivity index is 0.000000173. The lowest BCUT2D eigenvalue weighted by molar-refractivity contribution is 0.0696. The highest BCUT2D eigenvalue weighted by atomic mass is 16.4. The van der Waals surface area contributed by atoms with E-state index in [9.17, 15) is 9.59 Å². The number of aryl methyl sites for hydroxylation is 1. The topological polar surface area (TPSA) is 74.6 Å². The van der Waals surface area contributed by atoms with Gasteiger partial charge in [-0.25, -0.2) is 9.59 Å². The zero-order valence-electron chi connectivity index (χ0n) is 11.4. The lowest BCUT2D eigenvalue weighted by Crippen LogP contribution is -2.02. The minimum atomic E-state index is -1.12. The average molecular weight is 274 g/mol. The van der Waals surface area contributed by atoms with Gasteiger partial charge >= 0.3 is 11.9 Å². The first-order chi connectivity index (χ1) is 9.45. The van der Waals surface area contributed by atoms with Crippen molar-refractivity contribution in [3.8, 4) is 0 Å². The van der Waals surface area contributed by atoms with Crippen LogP contribution in [0.25, 0.3) is 0 Å². The maximum absolute atomic E-state index is 10.5. The molecule has 4 nitrogen and oxygen atoms in total. The van der Waals surface area contributed by atoms with Crippen molar-refractivity contribution in [3.63, 3.8) is 0 Å². The number of benzene rings is 1. The molecular formula is C16H18O4. The number of hydrogen-bond donors (Lipinski definition) is 2. The second kappa shape index (κ2) is 5.90. The van der Waals surface area contributed by atoms with Gasteiger partial charge in [-0.3, -0.25) is 0 Å². The van der Waals surface area contributed by atoms with Gasteiger partial charge in [0.2, 0.25) is 0 Å². The second-order valence-corrected chi connectivity index (χ2v) is 5.42. The molecule has 2 unspecified atom stereocenters. The first-order valence-electron chi connectivity index (χ1n) is 6.72. The van der Waals surface area contributed by atoms with Crippen molar-refractivity contribution in [2.45, 2.75) is 26.2 Å². The smallest absolute Gasteiger partial charge is 0.335 e. The van der Waals surface area contributed by atoms with Gasteiger partial charge in [-0.2, -0.15) is 0 Å². The van der Waals surface area contributed by atoms with Crippen LogP contribution in [0.2, 0.25) is 0 Å². The quantitative estimate of drug-likeness (QED) is 0.811. The number of carbonyl (C=O) groups is 2. The Bertz CT molecular complexity index is 515. The number of fused-ring (bicyclic) bond motifs is 2. The molecule has 1 aromatic rings. The van der Waals surface area contributed by atoms with Gasteiger partial charge in [-0.1, -0.05) is 12.2 Å². The average Bonchev–Trinajstić information content (AvgIpc) is 3.03. The van der Waals surface area contributed by atoms with Gasteiger partial charge < -0.3 is 10.2 Å². The maximum atomic E-state index is 10.5. The maximum Gasteiger partial charge on any atom is 0.335 e. The van der Waals surface area contributed by atoms with Crippen LogP contribution in [0.3, 0.4) is 0 Å². The van der Waals surface area contributed by atoms with Crippen LogP contribution in [0, 0.1) is 18.8 Å². The third kappa shape index (κ3) is 3.47. The van der Waals surface area contributed by atoms with Gasteiger partial charge in [0.1, 0.15) is 0 Å². The van der Waals surface area contributed by atoms with Gasteiger partial charge in [0.15, 0.2) is 0 Å². The molecule has 2 aliphatic rings. The lowest BCUT2D eigenvalue weighted by Gasteiger charge is -1.99. The minimum absolute atomic E-state index is 0.00241. The summed E-state index contributed by atoms with van der Waals surface area (Å²) in [6, 6.07) is 3.99. The summed E-state index contributed by atoms with van der Waals surface area (Å²) in [5.74, 6) is -0.257. The van der Waals surface area contributed by atoms with Crippen molar-refractivity contribution < 1.29 is 19.8 Å². The van der Waals surface area contributed by atoms with Gasteiger partial charge in [0.25, 0.3) is 0 Å². The van der Waals surface area contributed by atoms with Crippen molar-refractivity contribution in [3.05, 3.63) is 47.0 Å². The fraction of sp³-hybridized carbons (Fsp3) is 0.375. The monoisotopic (exact) mass is 274 g/mol. The second-order valence-electron chi connectivity index (χ2n) is 5.42. The normalized spacial score (nSPS) is 22.2. The zero-order chi connectivity index (χ0) is 14.7. The summed E-state index contributed by atoms with van der Waals surface area (Å²) in [6.07, 6.45) is 9.19. The molecule has 0 aliphatic heterocycles. The van der Waals surface area contributed by atoms with Crippen LogP contribution in [0.4, 0.5) is 0 Å². The fourth-order valence-corrected chi connectivity index (χ4v) is 2.75. The highest BCUT2D eigenvalue weighted by Gasteiger charge is 2.25. The van der Waals surface area contributed by atoms with Crippen LogP contribution < -0.4 is 0 Å². The number of hydrogen-bond acceptors (Lipinski definition) is 2. The van der Waals surface area contributed by atoms with E-state index in [1.54, 1.807) is 6.92 Å². The molecule has 1 saturated carbocycles. The molecule has 20 heavy (non-hydrogen) atoms. The molecule has 0 spiro atoms. The predicted molar refractivity (Wildman–Crippen MR) is 75.1 cm³/mol. The SMILES string of the molecule is C1=CC2CCC1C2.Cc1cc(C(=O)O)cc(C(=O)O)c1. The van der Waals surface area contributed by atoms with E-state index in [1.807, 2.05) is 0 Å². The molecule has 2 atom stereocenters. The first-order valence-corrected chi connectivity index (χ1v) is 6.72. The van der Waals surface area contributed by atoms with E-state index in [1.165, 1.54) is 31.4 Å². The third-order valence-electron chi connectivity index (χ3n) is 3.74. The van der Waals surface area contributed by atoms with Gasteiger partial charge in [-0.05, 0) is 61.8 Å². The Morgan fingerprint density at radius 1 is 0.950 bits per heavy atom. The van der Waals surface area contributed by atoms with Crippen LogP contribution in [-0.4, -0.2) is 22.2 Å². The molecule has 0 saturated heterocycles. The largest absolute Gasteiger partial charge is 0.478 e. The van der Waals surface area contributed by atoms with Crippen LogP contribution in [-0.2, 0) is 0 Å². The number of carboxylic acid groups (broad SMARTS) is 2. The molecule has 2 aliphatic carbocycles. The highest BCUT2D eigenvalue weighted by Crippen LogP contribution is 2.38. The summed E-state index contributed by atoms with van der Waals surface area (Å²) in [6.45, 7) is 1.65. The Hall–Kier alpha value is -2.10. The molecule has 106 valence electrons. The van der Waals surface area contributed by atoms with E-state index in [-0.39, 0.29) is 11.1 Å². The van der Waals surface area contributed by atoms with E-state index < -0.39 is 11.9 Å². The Morgan fingerprint density at radius 3 is 1.65 bits per heavy atom. The van der Waals surface area contributed by atoms with Crippen molar-refractivity contribution in [2.75, 3.05) is 0 Å². The van der Waals surface area contributed by atoms with Crippen LogP contribution >= 0.6 is 0 Å². The summed E-state index contributed by atoms with van der Waals surface area (Å²) in [5, 5.41) is 17.2. The molecule has 0 radical (unpaired) electrons. The Labute approximate surface area is 117 Å². The van der Waals surface area contributed by atoms with Gasteiger partial charge in [0, 0.05) is 0 Å². The summed E-state index contributed by atoms with van der Waals surface area (Å²) in [4.78, 5) is 21.1. The Kier molecular flexibility index (Phi) is 4.23.